The molecule has 2 heterocycles. The molecule has 1 aliphatic heterocycles. The predicted octanol–water partition coefficient (Wildman–Crippen LogP) is 4.08. The van der Waals surface area contributed by atoms with E-state index in [-0.39, 0.29) is 17.7 Å². The minimum atomic E-state index is -0.244. The number of phenolic OH excluding ortho intramolecular Hbond substituents is 1. The van der Waals surface area contributed by atoms with Crippen molar-refractivity contribution in [3.05, 3.63) is 77.9 Å². The third-order valence-electron chi connectivity index (χ3n) is 4.75. The van der Waals surface area contributed by atoms with Crippen molar-refractivity contribution in [2.24, 2.45) is 0 Å². The number of hydrogen-bond acceptors (Lipinski definition) is 4. The molecule has 0 spiro atoms. The molecule has 5 heteroatoms. The first-order chi connectivity index (χ1) is 13.2. The van der Waals surface area contributed by atoms with E-state index in [2.05, 4.69) is 16.4 Å². The number of nitrogens with one attached hydrogen (secondary N) is 1. The van der Waals surface area contributed by atoms with Crippen molar-refractivity contribution in [1.82, 2.24) is 10.3 Å². The van der Waals surface area contributed by atoms with Crippen molar-refractivity contribution in [2.75, 3.05) is 6.54 Å². The number of fused-ring (bicyclic) bond motifs is 1. The number of aromatic nitrogens is 1. The molecule has 0 bridgehead atoms. The molecule has 4 nitrogen and oxygen atoms in total. The van der Waals surface area contributed by atoms with Gasteiger partial charge >= 0.3 is 0 Å². The van der Waals surface area contributed by atoms with Crippen LogP contribution in [-0.4, -0.2) is 22.7 Å². The molecule has 4 rings (SSSR count). The number of rotatable bonds is 5. The molecular formula is C22H21FN2O2. The number of phenols is 1. The third kappa shape index (κ3) is 4.26. The maximum Gasteiger partial charge on any atom is 0.126 e. The average molecular weight is 364 g/mol. The normalized spacial score (nSPS) is 15.8. The molecule has 138 valence electrons. The van der Waals surface area contributed by atoms with E-state index in [0.29, 0.717) is 6.54 Å². The van der Waals surface area contributed by atoms with E-state index >= 15 is 0 Å². The lowest BCUT2D eigenvalue weighted by Gasteiger charge is -2.26. The summed E-state index contributed by atoms with van der Waals surface area (Å²) < 4.78 is 19.1. The summed E-state index contributed by atoms with van der Waals surface area (Å²) in [6.07, 6.45) is 5.58. The lowest BCUT2D eigenvalue weighted by atomic mass is 10.0. The van der Waals surface area contributed by atoms with E-state index in [1.807, 2.05) is 12.3 Å². The quantitative estimate of drug-likeness (QED) is 0.716. The third-order valence-corrected chi connectivity index (χ3v) is 4.75. The van der Waals surface area contributed by atoms with Crippen molar-refractivity contribution < 1.29 is 14.2 Å². The Kier molecular flexibility index (Phi) is 5.03. The van der Waals surface area contributed by atoms with Crippen LogP contribution in [0.4, 0.5) is 4.39 Å². The van der Waals surface area contributed by atoms with E-state index in [4.69, 9.17) is 4.74 Å². The average Bonchev–Trinajstić information content (AvgIpc) is 2.68. The summed E-state index contributed by atoms with van der Waals surface area (Å²) >= 11 is 0. The first-order valence-corrected chi connectivity index (χ1v) is 9.06. The molecule has 27 heavy (non-hydrogen) atoms. The fourth-order valence-electron chi connectivity index (χ4n) is 3.32. The Bertz CT molecular complexity index is 928. The molecule has 0 radical (unpaired) electrons. The van der Waals surface area contributed by atoms with Gasteiger partial charge in [-0.15, -0.1) is 0 Å². The van der Waals surface area contributed by atoms with Crippen molar-refractivity contribution in [3.8, 4) is 22.6 Å². The van der Waals surface area contributed by atoms with Gasteiger partial charge in [0.05, 0.1) is 0 Å². The number of hydrogen-bond donors (Lipinski definition) is 2. The maximum atomic E-state index is 13.1. The fraction of sp³-hybridized carbons (Fsp3) is 0.227. The summed E-state index contributed by atoms with van der Waals surface area (Å²) in [5.74, 6) is 0.756. The van der Waals surface area contributed by atoms with Gasteiger partial charge < -0.3 is 15.2 Å². The largest absolute Gasteiger partial charge is 0.508 e. The lowest BCUT2D eigenvalue weighted by molar-refractivity contribution is 0.169. The summed E-state index contributed by atoms with van der Waals surface area (Å²) in [7, 11) is 0. The molecule has 0 saturated heterocycles. The van der Waals surface area contributed by atoms with Crippen LogP contribution in [0, 0.1) is 5.82 Å². The monoisotopic (exact) mass is 364 g/mol. The zero-order valence-electron chi connectivity index (χ0n) is 14.9. The number of ether oxygens (including phenoxy) is 1. The SMILES string of the molecule is Oc1ccc2c(c1)O[C@H](CNCc1cncc(-c3ccc(F)cc3)c1)CC2. The van der Waals surface area contributed by atoms with Crippen molar-refractivity contribution in [2.45, 2.75) is 25.5 Å². The topological polar surface area (TPSA) is 54.4 Å². The summed E-state index contributed by atoms with van der Waals surface area (Å²) in [6, 6.07) is 13.8. The van der Waals surface area contributed by atoms with Gasteiger partial charge in [-0.3, -0.25) is 4.98 Å². The van der Waals surface area contributed by atoms with Crippen LogP contribution in [0.15, 0.2) is 60.9 Å². The van der Waals surface area contributed by atoms with E-state index in [9.17, 15) is 9.50 Å². The predicted molar refractivity (Wildman–Crippen MR) is 102 cm³/mol. The Morgan fingerprint density at radius 1 is 1.07 bits per heavy atom. The number of nitrogens with zero attached hydrogens (tertiary/aromatic N) is 1. The first-order valence-electron chi connectivity index (χ1n) is 9.06. The molecule has 0 amide bonds. The number of benzene rings is 2. The first kappa shape index (κ1) is 17.5. The highest BCUT2D eigenvalue weighted by atomic mass is 19.1. The zero-order valence-corrected chi connectivity index (χ0v) is 14.9. The van der Waals surface area contributed by atoms with Gasteiger partial charge in [0, 0.05) is 37.1 Å². The highest BCUT2D eigenvalue weighted by Crippen LogP contribution is 2.30. The summed E-state index contributed by atoms with van der Waals surface area (Å²) in [6.45, 7) is 1.39. The van der Waals surface area contributed by atoms with Crippen molar-refractivity contribution in [3.63, 3.8) is 0 Å². The molecule has 0 saturated carbocycles. The molecule has 2 aromatic carbocycles. The highest BCUT2D eigenvalue weighted by molar-refractivity contribution is 5.62. The molecule has 0 fully saturated rings. The van der Waals surface area contributed by atoms with Crippen LogP contribution in [0.5, 0.6) is 11.5 Å². The number of aryl methyl sites for hydroxylation is 1. The molecule has 0 unspecified atom stereocenters. The van der Waals surface area contributed by atoms with E-state index < -0.39 is 0 Å². The van der Waals surface area contributed by atoms with Crippen LogP contribution in [0.2, 0.25) is 0 Å². The number of aromatic hydroxyl groups is 1. The Balaban J connectivity index is 1.34. The van der Waals surface area contributed by atoms with Gasteiger partial charge in [0.1, 0.15) is 23.4 Å². The van der Waals surface area contributed by atoms with Crippen LogP contribution < -0.4 is 10.1 Å². The van der Waals surface area contributed by atoms with Crippen LogP contribution in [0.3, 0.4) is 0 Å². The summed E-state index contributed by atoms with van der Waals surface area (Å²) in [5, 5.41) is 13.0. The molecule has 2 N–H and O–H groups in total. The van der Waals surface area contributed by atoms with Crippen LogP contribution >= 0.6 is 0 Å². The van der Waals surface area contributed by atoms with Crippen LogP contribution in [0.25, 0.3) is 11.1 Å². The van der Waals surface area contributed by atoms with Gasteiger partial charge in [0.15, 0.2) is 0 Å². The number of halogens is 1. The Morgan fingerprint density at radius 3 is 2.78 bits per heavy atom. The number of pyridine rings is 1. The van der Waals surface area contributed by atoms with E-state index in [1.165, 1.54) is 12.1 Å². The molecule has 1 aromatic heterocycles. The summed E-state index contributed by atoms with van der Waals surface area (Å²) in [5.41, 5.74) is 4.11. The van der Waals surface area contributed by atoms with Crippen molar-refractivity contribution in [1.29, 1.82) is 0 Å². The zero-order chi connectivity index (χ0) is 18.6. The van der Waals surface area contributed by atoms with Gasteiger partial charge in [-0.05, 0) is 53.8 Å². The van der Waals surface area contributed by atoms with Gasteiger partial charge in [-0.2, -0.15) is 0 Å². The summed E-state index contributed by atoms with van der Waals surface area (Å²) in [4.78, 5) is 4.30. The van der Waals surface area contributed by atoms with Gasteiger partial charge in [0.2, 0.25) is 0 Å². The van der Waals surface area contributed by atoms with E-state index in [0.717, 1.165) is 47.4 Å². The minimum absolute atomic E-state index is 0.0764. The molecule has 1 atom stereocenters. The second-order valence-electron chi connectivity index (χ2n) is 6.79. The van der Waals surface area contributed by atoms with Crippen LogP contribution in [-0.2, 0) is 13.0 Å². The molecule has 3 aromatic rings. The fourth-order valence-corrected chi connectivity index (χ4v) is 3.32. The van der Waals surface area contributed by atoms with Crippen molar-refractivity contribution >= 4 is 0 Å². The smallest absolute Gasteiger partial charge is 0.126 e. The highest BCUT2D eigenvalue weighted by Gasteiger charge is 2.19. The van der Waals surface area contributed by atoms with Crippen LogP contribution in [0.1, 0.15) is 17.5 Å². The Hall–Kier alpha value is -2.92. The molecular weight excluding hydrogens is 343 g/mol. The van der Waals surface area contributed by atoms with E-state index in [1.54, 1.807) is 30.5 Å². The Morgan fingerprint density at radius 2 is 1.93 bits per heavy atom. The standard InChI is InChI=1S/C22H21FN2O2/c23-19-5-1-16(2-6-19)18-9-15(11-24-13-18)12-25-14-21-8-4-17-3-7-20(26)10-22(17)27-21/h1-3,5-7,9-11,13,21,25-26H,4,8,12,14H2/t21-/m0/s1. The minimum Gasteiger partial charge on any atom is -0.508 e. The van der Waals surface area contributed by atoms with Gasteiger partial charge in [-0.1, -0.05) is 18.2 Å². The Labute approximate surface area is 157 Å². The lowest BCUT2D eigenvalue weighted by Crippen LogP contribution is -2.33. The molecule has 1 aliphatic rings. The van der Waals surface area contributed by atoms with Gasteiger partial charge in [-0.25, -0.2) is 4.39 Å². The second-order valence-corrected chi connectivity index (χ2v) is 6.79. The second kappa shape index (κ2) is 7.76. The maximum absolute atomic E-state index is 13.1. The van der Waals surface area contributed by atoms with Gasteiger partial charge in [0.25, 0.3) is 0 Å². The molecule has 0 aliphatic carbocycles.